The highest BCUT2D eigenvalue weighted by molar-refractivity contribution is 6.08. The highest BCUT2D eigenvalue weighted by Crippen LogP contribution is 2.51. The summed E-state index contributed by atoms with van der Waals surface area (Å²) in [5.41, 5.74) is 6.51. The summed E-state index contributed by atoms with van der Waals surface area (Å²) in [5.74, 6) is 2.63. The molecule has 0 saturated heterocycles. The third kappa shape index (κ3) is 3.92. The van der Waals surface area contributed by atoms with Gasteiger partial charge < -0.3 is 19.4 Å². The molecule has 4 heteroatoms. The Hall–Kier alpha value is -4.18. The van der Waals surface area contributed by atoms with E-state index < -0.39 is 0 Å². The van der Waals surface area contributed by atoms with Crippen LogP contribution in [0.2, 0.25) is 0 Å². The van der Waals surface area contributed by atoms with Gasteiger partial charge in [0.25, 0.3) is 0 Å². The van der Waals surface area contributed by atoms with E-state index in [0.717, 1.165) is 24.5 Å². The summed E-state index contributed by atoms with van der Waals surface area (Å²) in [6.45, 7) is 4.22. The van der Waals surface area contributed by atoms with E-state index in [0.29, 0.717) is 25.0 Å². The summed E-state index contributed by atoms with van der Waals surface area (Å²) >= 11 is 0. The minimum Gasteiger partial charge on any atom is -0.490 e. The molecule has 190 valence electrons. The molecule has 0 spiro atoms. The second kappa shape index (κ2) is 9.60. The van der Waals surface area contributed by atoms with Crippen LogP contribution in [0, 0.1) is 5.92 Å². The lowest BCUT2D eigenvalue weighted by atomic mass is 9.77. The molecule has 5 aromatic rings. The lowest BCUT2D eigenvalue weighted by Gasteiger charge is -2.37. The molecule has 2 heterocycles. The molecular weight excluding hydrogens is 468 g/mol. The zero-order valence-electron chi connectivity index (χ0n) is 21.6. The van der Waals surface area contributed by atoms with Gasteiger partial charge in [-0.05, 0) is 78.9 Å². The van der Waals surface area contributed by atoms with Crippen molar-refractivity contribution >= 4 is 27.5 Å². The number of hydrogen-bond acceptors (Lipinski definition) is 3. The Morgan fingerprint density at radius 1 is 0.789 bits per heavy atom. The van der Waals surface area contributed by atoms with Gasteiger partial charge in [-0.1, -0.05) is 54.6 Å². The molecule has 3 unspecified atom stereocenters. The maximum Gasteiger partial charge on any atom is 0.122 e. The number of ether oxygens (including phenoxy) is 2. The van der Waals surface area contributed by atoms with E-state index in [1.807, 2.05) is 30.3 Å². The summed E-state index contributed by atoms with van der Waals surface area (Å²) in [6.07, 6.45) is 5.81. The van der Waals surface area contributed by atoms with Gasteiger partial charge >= 0.3 is 0 Å². The van der Waals surface area contributed by atoms with Gasteiger partial charge in [0, 0.05) is 40.0 Å². The number of fused-ring (bicyclic) bond motifs is 6. The minimum atomic E-state index is 0.265. The quantitative estimate of drug-likeness (QED) is 0.181. The number of rotatable bonds is 7. The highest BCUT2D eigenvalue weighted by Gasteiger charge is 2.38. The number of aromatic nitrogens is 1. The largest absolute Gasteiger partial charge is 0.490 e. The first-order valence-electron chi connectivity index (χ1n) is 13.7. The van der Waals surface area contributed by atoms with E-state index in [2.05, 4.69) is 89.6 Å². The number of anilines is 1. The number of allylic oxidation sites excluding steroid dienone is 2. The molecule has 0 amide bonds. The van der Waals surface area contributed by atoms with Crippen molar-refractivity contribution in [2.45, 2.75) is 31.8 Å². The predicted octanol–water partition coefficient (Wildman–Crippen LogP) is 8.10. The van der Waals surface area contributed by atoms with Crippen molar-refractivity contribution in [1.29, 1.82) is 0 Å². The summed E-state index contributed by atoms with van der Waals surface area (Å²) in [6, 6.07) is 32.4. The third-order valence-electron chi connectivity index (χ3n) is 8.17. The molecule has 1 aromatic heterocycles. The van der Waals surface area contributed by atoms with Crippen molar-refractivity contribution in [3.8, 4) is 11.5 Å². The van der Waals surface area contributed by atoms with Crippen molar-refractivity contribution < 1.29 is 9.47 Å². The average Bonchev–Trinajstić information content (AvgIpc) is 3.58. The number of nitrogens with zero attached hydrogens (tertiary/aromatic N) is 1. The first-order valence-corrected chi connectivity index (χ1v) is 13.7. The van der Waals surface area contributed by atoms with Gasteiger partial charge in [0.15, 0.2) is 0 Å². The van der Waals surface area contributed by atoms with E-state index in [9.17, 15) is 0 Å². The van der Waals surface area contributed by atoms with Gasteiger partial charge in [0.05, 0.1) is 6.04 Å². The average molecular weight is 501 g/mol. The van der Waals surface area contributed by atoms with Crippen LogP contribution >= 0.6 is 0 Å². The SMILES string of the molecule is CCn1c2ccccc2c2cc(C3Nc4ccc(OCCOc5ccccc5)cc4C4C=CCC43)ccc21. The maximum atomic E-state index is 6.08. The zero-order chi connectivity index (χ0) is 25.5. The lowest BCUT2D eigenvalue weighted by molar-refractivity contribution is 0.217. The van der Waals surface area contributed by atoms with E-state index in [1.165, 1.54) is 38.6 Å². The molecule has 2 aliphatic rings. The summed E-state index contributed by atoms with van der Waals surface area (Å²) in [5, 5.41) is 6.59. The number of hydrogen-bond donors (Lipinski definition) is 1. The summed E-state index contributed by atoms with van der Waals surface area (Å²) < 4.78 is 14.3. The van der Waals surface area contributed by atoms with E-state index in [-0.39, 0.29) is 6.04 Å². The maximum absolute atomic E-state index is 6.08. The monoisotopic (exact) mass is 500 g/mol. The zero-order valence-corrected chi connectivity index (χ0v) is 21.6. The molecule has 1 aliphatic heterocycles. The van der Waals surface area contributed by atoms with Crippen LogP contribution in [0.4, 0.5) is 5.69 Å². The summed E-state index contributed by atoms with van der Waals surface area (Å²) in [4.78, 5) is 0. The Labute approximate surface area is 223 Å². The van der Waals surface area contributed by atoms with Crippen LogP contribution < -0.4 is 14.8 Å². The highest BCUT2D eigenvalue weighted by atomic mass is 16.5. The van der Waals surface area contributed by atoms with Crippen LogP contribution in [0.1, 0.15) is 36.4 Å². The Balaban J connectivity index is 1.15. The van der Waals surface area contributed by atoms with Crippen LogP contribution in [0.5, 0.6) is 11.5 Å². The summed E-state index contributed by atoms with van der Waals surface area (Å²) in [7, 11) is 0. The molecule has 0 radical (unpaired) electrons. The molecule has 7 rings (SSSR count). The van der Waals surface area contributed by atoms with Crippen molar-refractivity contribution in [3.05, 3.63) is 114 Å². The predicted molar refractivity (Wildman–Crippen MR) is 155 cm³/mol. The molecule has 4 nitrogen and oxygen atoms in total. The van der Waals surface area contributed by atoms with Gasteiger partial charge in [0.1, 0.15) is 24.7 Å². The molecule has 0 bridgehead atoms. The molecule has 1 aliphatic carbocycles. The van der Waals surface area contributed by atoms with Crippen LogP contribution in [-0.2, 0) is 6.54 Å². The van der Waals surface area contributed by atoms with Crippen molar-refractivity contribution in [2.24, 2.45) is 5.92 Å². The van der Waals surface area contributed by atoms with Crippen molar-refractivity contribution in [1.82, 2.24) is 4.57 Å². The molecule has 1 N–H and O–H groups in total. The van der Waals surface area contributed by atoms with Gasteiger partial charge in [-0.15, -0.1) is 0 Å². The standard InChI is InChI=1S/C34H32N2O2/c1-2-36-32-14-7-6-11-27(32)30-21-23(15-18-33(30)36)34-28-13-8-12-26(28)29-22-25(16-17-31(29)35-34)38-20-19-37-24-9-4-3-5-10-24/h3-12,14-18,21-22,26,28,34-35H,2,13,19-20H2,1H3. The van der Waals surface area contributed by atoms with Crippen LogP contribution in [-0.4, -0.2) is 17.8 Å². The smallest absolute Gasteiger partial charge is 0.122 e. The third-order valence-corrected chi connectivity index (χ3v) is 8.17. The van der Waals surface area contributed by atoms with Crippen molar-refractivity contribution in [3.63, 3.8) is 0 Å². The number of nitrogens with one attached hydrogen (secondary N) is 1. The van der Waals surface area contributed by atoms with E-state index in [1.54, 1.807) is 0 Å². The molecule has 3 atom stereocenters. The molecule has 0 saturated carbocycles. The topological polar surface area (TPSA) is 35.4 Å². The number of aryl methyl sites for hydroxylation is 1. The van der Waals surface area contributed by atoms with E-state index in [4.69, 9.17) is 9.47 Å². The van der Waals surface area contributed by atoms with Crippen LogP contribution in [0.15, 0.2) is 103 Å². The van der Waals surface area contributed by atoms with Gasteiger partial charge in [0.2, 0.25) is 0 Å². The number of benzene rings is 4. The number of para-hydroxylation sites is 2. The first kappa shape index (κ1) is 23.0. The van der Waals surface area contributed by atoms with Gasteiger partial charge in [-0.25, -0.2) is 0 Å². The van der Waals surface area contributed by atoms with Crippen molar-refractivity contribution in [2.75, 3.05) is 18.5 Å². The lowest BCUT2D eigenvalue weighted by Crippen LogP contribution is -2.29. The van der Waals surface area contributed by atoms with E-state index >= 15 is 0 Å². The fourth-order valence-electron chi connectivity index (χ4n) is 6.43. The Morgan fingerprint density at radius 2 is 1.58 bits per heavy atom. The molecular formula is C34H32N2O2. The van der Waals surface area contributed by atoms with Gasteiger partial charge in [-0.3, -0.25) is 0 Å². The molecule has 38 heavy (non-hydrogen) atoms. The normalized spacial score (nSPS) is 19.8. The molecule has 0 fully saturated rings. The second-order valence-corrected chi connectivity index (χ2v) is 10.3. The van der Waals surface area contributed by atoms with Crippen LogP contribution in [0.3, 0.4) is 0 Å². The fraction of sp³-hybridized carbons (Fsp3) is 0.235. The Kier molecular flexibility index (Phi) is 5.81. The van der Waals surface area contributed by atoms with Crippen LogP contribution in [0.25, 0.3) is 21.8 Å². The fourth-order valence-corrected chi connectivity index (χ4v) is 6.43. The second-order valence-electron chi connectivity index (χ2n) is 10.3. The first-order chi connectivity index (χ1) is 18.8. The van der Waals surface area contributed by atoms with Gasteiger partial charge in [-0.2, -0.15) is 0 Å². The minimum absolute atomic E-state index is 0.265. The Bertz CT molecular complexity index is 1640. The Morgan fingerprint density at radius 3 is 2.45 bits per heavy atom. The molecule has 4 aromatic carbocycles.